The fourth-order valence-corrected chi connectivity index (χ4v) is 3.42. The van der Waals surface area contributed by atoms with Crippen LogP contribution in [0.5, 0.6) is 0 Å². The number of aryl methyl sites for hydroxylation is 1. The van der Waals surface area contributed by atoms with Gasteiger partial charge in [0.2, 0.25) is 0 Å². The molecular formula is C19H24N2O3S. The van der Waals surface area contributed by atoms with E-state index >= 15 is 0 Å². The molecule has 0 aliphatic rings. The van der Waals surface area contributed by atoms with Gasteiger partial charge in [-0.1, -0.05) is 31.5 Å². The summed E-state index contributed by atoms with van der Waals surface area (Å²) in [5.74, 6) is 0.207. The lowest BCUT2D eigenvalue weighted by Gasteiger charge is -2.20. The van der Waals surface area contributed by atoms with E-state index in [4.69, 9.17) is 0 Å². The van der Waals surface area contributed by atoms with Crippen molar-refractivity contribution in [2.24, 2.45) is 5.92 Å². The maximum Gasteiger partial charge on any atom is 0.264 e. The van der Waals surface area contributed by atoms with Crippen LogP contribution in [0.2, 0.25) is 0 Å². The van der Waals surface area contributed by atoms with Crippen LogP contribution >= 0.6 is 0 Å². The molecule has 0 saturated carbocycles. The SMILES string of the molecule is Cc1ccc(S(=O)(=O)N(C)c2ccc(C(=O)NCC(C)C)cc2)cc1. The van der Waals surface area contributed by atoms with Crippen LogP contribution in [-0.2, 0) is 10.0 Å². The smallest absolute Gasteiger partial charge is 0.264 e. The molecule has 0 radical (unpaired) electrons. The molecule has 2 aromatic carbocycles. The van der Waals surface area contributed by atoms with Gasteiger partial charge in [0.05, 0.1) is 10.6 Å². The van der Waals surface area contributed by atoms with Crippen LogP contribution in [0.15, 0.2) is 53.4 Å². The molecule has 0 heterocycles. The van der Waals surface area contributed by atoms with Crippen LogP contribution in [0.25, 0.3) is 0 Å². The Labute approximate surface area is 149 Å². The Morgan fingerprint density at radius 3 is 2.12 bits per heavy atom. The van der Waals surface area contributed by atoms with Crippen molar-refractivity contribution in [3.63, 3.8) is 0 Å². The highest BCUT2D eigenvalue weighted by Gasteiger charge is 2.21. The van der Waals surface area contributed by atoms with Crippen molar-refractivity contribution in [2.45, 2.75) is 25.7 Å². The summed E-state index contributed by atoms with van der Waals surface area (Å²) in [6, 6.07) is 13.2. The van der Waals surface area contributed by atoms with E-state index < -0.39 is 10.0 Å². The van der Waals surface area contributed by atoms with Gasteiger partial charge in [-0.15, -0.1) is 0 Å². The Hall–Kier alpha value is -2.34. The van der Waals surface area contributed by atoms with Gasteiger partial charge < -0.3 is 5.32 Å². The molecule has 0 aromatic heterocycles. The number of carbonyl (C=O) groups is 1. The lowest BCUT2D eigenvalue weighted by Crippen LogP contribution is -2.28. The highest BCUT2D eigenvalue weighted by molar-refractivity contribution is 7.92. The zero-order valence-electron chi connectivity index (χ0n) is 15.0. The second kappa shape index (κ2) is 7.70. The summed E-state index contributed by atoms with van der Waals surface area (Å²) in [7, 11) is -2.13. The molecule has 0 saturated heterocycles. The normalized spacial score (nSPS) is 11.4. The van der Waals surface area contributed by atoms with Gasteiger partial charge in [0.25, 0.3) is 15.9 Å². The molecule has 2 rings (SSSR count). The predicted octanol–water partition coefficient (Wildman–Crippen LogP) is 3.21. The van der Waals surface area contributed by atoms with Crippen molar-refractivity contribution in [3.05, 3.63) is 59.7 Å². The zero-order chi connectivity index (χ0) is 18.6. The first-order valence-corrected chi connectivity index (χ1v) is 9.59. The number of anilines is 1. The third-order valence-electron chi connectivity index (χ3n) is 3.84. The standard InChI is InChI=1S/C19H24N2O3S/c1-14(2)13-20-19(22)16-7-9-17(10-8-16)21(4)25(23,24)18-11-5-15(3)6-12-18/h5-12,14H,13H2,1-4H3,(H,20,22). The molecule has 0 aliphatic carbocycles. The number of rotatable bonds is 6. The number of nitrogens with zero attached hydrogens (tertiary/aromatic N) is 1. The van der Waals surface area contributed by atoms with E-state index in [0.717, 1.165) is 5.56 Å². The van der Waals surface area contributed by atoms with Crippen molar-refractivity contribution >= 4 is 21.6 Å². The van der Waals surface area contributed by atoms with Crippen LogP contribution < -0.4 is 9.62 Å². The van der Waals surface area contributed by atoms with E-state index in [0.29, 0.717) is 23.7 Å². The Morgan fingerprint density at radius 1 is 1.04 bits per heavy atom. The lowest BCUT2D eigenvalue weighted by molar-refractivity contribution is 0.0949. The van der Waals surface area contributed by atoms with Gasteiger partial charge in [-0.25, -0.2) is 8.42 Å². The van der Waals surface area contributed by atoms with Crippen LogP contribution in [0.4, 0.5) is 5.69 Å². The zero-order valence-corrected chi connectivity index (χ0v) is 15.8. The topological polar surface area (TPSA) is 66.5 Å². The maximum absolute atomic E-state index is 12.7. The molecule has 25 heavy (non-hydrogen) atoms. The van der Waals surface area contributed by atoms with Crippen molar-refractivity contribution in [2.75, 3.05) is 17.9 Å². The van der Waals surface area contributed by atoms with Gasteiger partial charge in [0.15, 0.2) is 0 Å². The van der Waals surface area contributed by atoms with Crippen LogP contribution in [-0.4, -0.2) is 27.9 Å². The summed E-state index contributed by atoms with van der Waals surface area (Å²) in [4.78, 5) is 12.3. The highest BCUT2D eigenvalue weighted by Crippen LogP contribution is 2.22. The first-order valence-electron chi connectivity index (χ1n) is 8.15. The van der Waals surface area contributed by atoms with E-state index in [1.165, 1.54) is 11.4 Å². The van der Waals surface area contributed by atoms with Crippen molar-refractivity contribution in [3.8, 4) is 0 Å². The summed E-state index contributed by atoms with van der Waals surface area (Å²) in [5.41, 5.74) is 2.00. The van der Waals surface area contributed by atoms with E-state index in [2.05, 4.69) is 5.32 Å². The van der Waals surface area contributed by atoms with Gasteiger partial charge in [-0.05, 0) is 49.2 Å². The summed E-state index contributed by atoms with van der Waals surface area (Å²) in [6.07, 6.45) is 0. The average Bonchev–Trinajstić information content (AvgIpc) is 2.59. The fraction of sp³-hybridized carbons (Fsp3) is 0.316. The molecule has 0 atom stereocenters. The number of benzene rings is 2. The number of amides is 1. The van der Waals surface area contributed by atoms with Crippen LogP contribution in [0.1, 0.15) is 29.8 Å². The Balaban J connectivity index is 2.18. The molecule has 1 amide bonds. The van der Waals surface area contributed by atoms with E-state index in [1.807, 2.05) is 20.8 Å². The van der Waals surface area contributed by atoms with Crippen LogP contribution in [0.3, 0.4) is 0 Å². The molecule has 0 spiro atoms. The molecule has 134 valence electrons. The highest BCUT2D eigenvalue weighted by atomic mass is 32.2. The van der Waals surface area contributed by atoms with Gasteiger partial charge in [-0.3, -0.25) is 9.10 Å². The Bertz CT molecular complexity index is 826. The summed E-state index contributed by atoms with van der Waals surface area (Å²) >= 11 is 0. The largest absolute Gasteiger partial charge is 0.352 e. The number of sulfonamides is 1. The molecule has 5 nitrogen and oxygen atoms in total. The van der Waals surface area contributed by atoms with E-state index in [9.17, 15) is 13.2 Å². The van der Waals surface area contributed by atoms with E-state index in [1.54, 1.807) is 48.5 Å². The number of hydrogen-bond donors (Lipinski definition) is 1. The van der Waals surface area contributed by atoms with Crippen molar-refractivity contribution in [1.82, 2.24) is 5.32 Å². The van der Waals surface area contributed by atoms with E-state index in [-0.39, 0.29) is 10.8 Å². The third-order valence-corrected chi connectivity index (χ3v) is 5.64. The Kier molecular flexibility index (Phi) is 5.85. The minimum Gasteiger partial charge on any atom is -0.352 e. The number of hydrogen-bond acceptors (Lipinski definition) is 3. The lowest BCUT2D eigenvalue weighted by atomic mass is 10.1. The second-order valence-electron chi connectivity index (χ2n) is 6.44. The summed E-state index contributed by atoms with van der Waals surface area (Å²) in [5, 5.41) is 2.84. The summed E-state index contributed by atoms with van der Waals surface area (Å²) < 4.78 is 26.6. The van der Waals surface area contributed by atoms with Crippen molar-refractivity contribution < 1.29 is 13.2 Å². The molecule has 0 fully saturated rings. The monoisotopic (exact) mass is 360 g/mol. The minimum absolute atomic E-state index is 0.163. The molecule has 2 aromatic rings. The second-order valence-corrected chi connectivity index (χ2v) is 8.41. The molecule has 1 N–H and O–H groups in total. The fourth-order valence-electron chi connectivity index (χ4n) is 2.23. The van der Waals surface area contributed by atoms with Gasteiger partial charge in [0.1, 0.15) is 0 Å². The van der Waals surface area contributed by atoms with Gasteiger partial charge in [-0.2, -0.15) is 0 Å². The third kappa shape index (κ3) is 4.60. The minimum atomic E-state index is -3.63. The quantitative estimate of drug-likeness (QED) is 0.860. The predicted molar refractivity (Wildman–Crippen MR) is 100 cm³/mol. The van der Waals surface area contributed by atoms with Crippen molar-refractivity contribution in [1.29, 1.82) is 0 Å². The molecular weight excluding hydrogens is 336 g/mol. The van der Waals surface area contributed by atoms with Gasteiger partial charge in [0, 0.05) is 19.2 Å². The van der Waals surface area contributed by atoms with Gasteiger partial charge >= 0.3 is 0 Å². The Morgan fingerprint density at radius 2 is 1.60 bits per heavy atom. The van der Waals surface area contributed by atoms with Crippen LogP contribution in [0, 0.1) is 12.8 Å². The molecule has 0 unspecified atom stereocenters. The molecule has 6 heteroatoms. The first-order chi connectivity index (χ1) is 11.7. The average molecular weight is 360 g/mol. The summed E-state index contributed by atoms with van der Waals surface area (Å²) in [6.45, 7) is 6.55. The maximum atomic E-state index is 12.7. The number of nitrogens with one attached hydrogen (secondary N) is 1. The molecule has 0 aliphatic heterocycles. The first kappa shape index (κ1) is 19.0. The number of carbonyl (C=O) groups excluding carboxylic acids is 1. The molecule has 0 bridgehead atoms.